The highest BCUT2D eigenvalue weighted by Gasteiger charge is 2.19. The SMILES string of the molecule is CN1CCN(Cc2nnc(-c3ccco3)o2)Cc2ccccc21. The molecule has 0 bridgehead atoms. The molecule has 1 aliphatic rings. The van der Waals surface area contributed by atoms with Crippen molar-refractivity contribution in [2.45, 2.75) is 13.1 Å². The van der Waals surface area contributed by atoms with Gasteiger partial charge in [0.25, 0.3) is 5.89 Å². The maximum Gasteiger partial charge on any atom is 0.283 e. The Bertz CT molecular complexity index is 782. The van der Waals surface area contributed by atoms with E-state index in [0.29, 0.717) is 24.1 Å². The number of furan rings is 1. The van der Waals surface area contributed by atoms with E-state index in [1.54, 1.807) is 12.3 Å². The van der Waals surface area contributed by atoms with Crippen LogP contribution in [0, 0.1) is 0 Å². The van der Waals surface area contributed by atoms with Crippen LogP contribution in [0.25, 0.3) is 11.7 Å². The van der Waals surface area contributed by atoms with Crippen LogP contribution in [0.2, 0.25) is 0 Å². The van der Waals surface area contributed by atoms with Crippen molar-refractivity contribution < 1.29 is 8.83 Å². The van der Waals surface area contributed by atoms with Crippen molar-refractivity contribution in [1.82, 2.24) is 15.1 Å². The van der Waals surface area contributed by atoms with Crippen molar-refractivity contribution in [2.24, 2.45) is 0 Å². The van der Waals surface area contributed by atoms with Crippen LogP contribution in [-0.4, -0.2) is 35.2 Å². The van der Waals surface area contributed by atoms with E-state index in [-0.39, 0.29) is 0 Å². The average molecular weight is 310 g/mol. The summed E-state index contributed by atoms with van der Waals surface area (Å²) < 4.78 is 11.0. The predicted molar refractivity (Wildman–Crippen MR) is 85.8 cm³/mol. The number of hydrogen-bond donors (Lipinski definition) is 0. The van der Waals surface area contributed by atoms with Crippen molar-refractivity contribution in [1.29, 1.82) is 0 Å². The van der Waals surface area contributed by atoms with Crippen LogP contribution in [0.4, 0.5) is 5.69 Å². The lowest BCUT2D eigenvalue weighted by molar-refractivity contribution is 0.241. The minimum Gasteiger partial charge on any atom is -0.459 e. The van der Waals surface area contributed by atoms with Crippen LogP contribution in [-0.2, 0) is 13.1 Å². The van der Waals surface area contributed by atoms with E-state index in [9.17, 15) is 0 Å². The van der Waals surface area contributed by atoms with Gasteiger partial charge in [-0.1, -0.05) is 18.2 Å². The largest absolute Gasteiger partial charge is 0.459 e. The number of hydrogen-bond acceptors (Lipinski definition) is 6. The molecule has 3 heterocycles. The van der Waals surface area contributed by atoms with Crippen LogP contribution in [0.3, 0.4) is 0 Å². The second-order valence-electron chi connectivity index (χ2n) is 5.74. The van der Waals surface area contributed by atoms with Crippen molar-refractivity contribution >= 4 is 5.69 Å². The molecule has 6 nitrogen and oxygen atoms in total. The van der Waals surface area contributed by atoms with Crippen LogP contribution in [0.1, 0.15) is 11.5 Å². The maximum atomic E-state index is 5.72. The van der Waals surface area contributed by atoms with E-state index in [1.165, 1.54) is 11.3 Å². The molecule has 1 aromatic carbocycles. The number of benzene rings is 1. The van der Waals surface area contributed by atoms with Gasteiger partial charge in [0.15, 0.2) is 5.76 Å². The molecule has 2 aromatic heterocycles. The highest BCUT2D eigenvalue weighted by molar-refractivity contribution is 5.53. The van der Waals surface area contributed by atoms with Crippen molar-refractivity contribution in [3.8, 4) is 11.7 Å². The first kappa shape index (κ1) is 14.0. The molecule has 0 N–H and O–H groups in total. The molecular formula is C17H18N4O2. The van der Waals surface area contributed by atoms with Gasteiger partial charge in [-0.25, -0.2) is 0 Å². The number of nitrogens with zero attached hydrogens (tertiary/aromatic N) is 4. The third-order valence-corrected chi connectivity index (χ3v) is 4.11. The molecule has 0 unspecified atom stereocenters. The lowest BCUT2D eigenvalue weighted by Crippen LogP contribution is -2.29. The first-order chi connectivity index (χ1) is 11.3. The number of likely N-dealkylation sites (N-methyl/N-ethyl adjacent to an activating group) is 1. The van der Waals surface area contributed by atoms with E-state index >= 15 is 0 Å². The molecule has 0 atom stereocenters. The van der Waals surface area contributed by atoms with Gasteiger partial charge in [0, 0.05) is 32.4 Å². The van der Waals surface area contributed by atoms with E-state index in [2.05, 4.69) is 51.3 Å². The molecular weight excluding hydrogens is 292 g/mol. The van der Waals surface area contributed by atoms with Gasteiger partial charge < -0.3 is 13.7 Å². The number of anilines is 1. The summed E-state index contributed by atoms with van der Waals surface area (Å²) in [5.74, 6) is 1.64. The summed E-state index contributed by atoms with van der Waals surface area (Å²) in [7, 11) is 2.13. The fourth-order valence-electron chi connectivity index (χ4n) is 2.89. The topological polar surface area (TPSA) is 58.5 Å². The van der Waals surface area contributed by atoms with Crippen molar-refractivity contribution in [2.75, 3.05) is 25.0 Å². The second-order valence-corrected chi connectivity index (χ2v) is 5.74. The molecule has 1 aliphatic heterocycles. The molecule has 0 radical (unpaired) electrons. The minimum absolute atomic E-state index is 0.428. The summed E-state index contributed by atoms with van der Waals surface area (Å²) in [6.07, 6.45) is 1.60. The zero-order chi connectivity index (χ0) is 15.6. The zero-order valence-corrected chi connectivity index (χ0v) is 13.0. The monoisotopic (exact) mass is 310 g/mol. The van der Waals surface area contributed by atoms with Crippen LogP contribution in [0.5, 0.6) is 0 Å². The zero-order valence-electron chi connectivity index (χ0n) is 13.0. The smallest absolute Gasteiger partial charge is 0.283 e. The van der Waals surface area contributed by atoms with Gasteiger partial charge in [-0.15, -0.1) is 10.2 Å². The number of para-hydroxylation sites is 1. The number of fused-ring (bicyclic) bond motifs is 1. The average Bonchev–Trinajstić information content (AvgIpc) is 3.21. The molecule has 23 heavy (non-hydrogen) atoms. The Morgan fingerprint density at radius 2 is 2.00 bits per heavy atom. The Hall–Kier alpha value is -2.60. The summed E-state index contributed by atoms with van der Waals surface area (Å²) >= 11 is 0. The Morgan fingerprint density at radius 1 is 1.09 bits per heavy atom. The molecule has 0 amide bonds. The van der Waals surface area contributed by atoms with Crippen LogP contribution >= 0.6 is 0 Å². The second kappa shape index (κ2) is 5.89. The quantitative estimate of drug-likeness (QED) is 0.741. The van der Waals surface area contributed by atoms with Gasteiger partial charge >= 0.3 is 0 Å². The van der Waals surface area contributed by atoms with Gasteiger partial charge in [0.05, 0.1) is 12.8 Å². The maximum absolute atomic E-state index is 5.72. The Balaban J connectivity index is 1.51. The lowest BCUT2D eigenvalue weighted by Gasteiger charge is -2.19. The molecule has 0 fully saturated rings. The molecule has 0 saturated carbocycles. The minimum atomic E-state index is 0.428. The first-order valence-electron chi connectivity index (χ1n) is 7.67. The Labute approximate surface area is 134 Å². The highest BCUT2D eigenvalue weighted by Crippen LogP contribution is 2.25. The summed E-state index contributed by atoms with van der Waals surface area (Å²) in [5.41, 5.74) is 2.61. The summed E-state index contributed by atoms with van der Waals surface area (Å²) in [5, 5.41) is 8.20. The first-order valence-corrected chi connectivity index (χ1v) is 7.67. The van der Waals surface area contributed by atoms with Crippen molar-refractivity contribution in [3.05, 3.63) is 54.1 Å². The molecule has 0 spiro atoms. The standard InChI is InChI=1S/C17H18N4O2/c1-20-8-9-21(11-13-5-2-3-6-14(13)20)12-16-18-19-17(23-16)15-7-4-10-22-15/h2-7,10H,8-9,11-12H2,1H3. The van der Waals surface area contributed by atoms with E-state index in [0.717, 1.165) is 19.6 Å². The normalized spacial score (nSPS) is 15.4. The third-order valence-electron chi connectivity index (χ3n) is 4.11. The van der Waals surface area contributed by atoms with Gasteiger partial charge in [-0.3, -0.25) is 4.90 Å². The fourth-order valence-corrected chi connectivity index (χ4v) is 2.89. The molecule has 0 aliphatic carbocycles. The van der Waals surface area contributed by atoms with Crippen LogP contribution in [0.15, 0.2) is 51.5 Å². The van der Waals surface area contributed by atoms with Gasteiger partial charge in [-0.05, 0) is 23.8 Å². The van der Waals surface area contributed by atoms with Gasteiger partial charge in [0.2, 0.25) is 5.89 Å². The molecule has 0 saturated heterocycles. The molecule has 118 valence electrons. The lowest BCUT2D eigenvalue weighted by atomic mass is 10.1. The molecule has 4 rings (SSSR count). The summed E-state index contributed by atoms with van der Waals surface area (Å²) in [6, 6.07) is 12.1. The molecule has 3 aromatic rings. The summed E-state index contributed by atoms with van der Waals surface area (Å²) in [4.78, 5) is 4.61. The third kappa shape index (κ3) is 2.85. The van der Waals surface area contributed by atoms with E-state index in [1.807, 2.05) is 6.07 Å². The Morgan fingerprint density at radius 3 is 2.87 bits per heavy atom. The van der Waals surface area contributed by atoms with Crippen LogP contribution < -0.4 is 4.90 Å². The van der Waals surface area contributed by atoms with E-state index in [4.69, 9.17) is 8.83 Å². The molecule has 6 heteroatoms. The van der Waals surface area contributed by atoms with Crippen molar-refractivity contribution in [3.63, 3.8) is 0 Å². The fraction of sp³-hybridized carbons (Fsp3) is 0.294. The number of rotatable bonds is 3. The highest BCUT2D eigenvalue weighted by atomic mass is 16.4. The Kier molecular flexibility index (Phi) is 3.59. The van der Waals surface area contributed by atoms with Gasteiger partial charge in [0.1, 0.15) is 0 Å². The predicted octanol–water partition coefficient (Wildman–Crippen LogP) is 2.78. The summed E-state index contributed by atoms with van der Waals surface area (Å²) in [6.45, 7) is 3.43. The van der Waals surface area contributed by atoms with E-state index < -0.39 is 0 Å². The number of aromatic nitrogens is 2. The van der Waals surface area contributed by atoms with Gasteiger partial charge in [-0.2, -0.15) is 0 Å².